The van der Waals surface area contributed by atoms with E-state index in [4.69, 9.17) is 14.9 Å². The monoisotopic (exact) mass is 456 g/mol. The van der Waals surface area contributed by atoms with E-state index >= 15 is 0 Å². The molecule has 2 aromatic rings. The number of hydrogen-bond donors (Lipinski definition) is 4. The van der Waals surface area contributed by atoms with Crippen molar-refractivity contribution in [3.05, 3.63) is 59.7 Å². The third-order valence-corrected chi connectivity index (χ3v) is 4.13. The number of carbonyl (C=O) groups is 6. The molecule has 0 spiro atoms. The Morgan fingerprint density at radius 1 is 0.576 bits per heavy atom. The predicted octanol–water partition coefficient (Wildman–Crippen LogP) is 2.29. The number of esters is 2. The molecule has 0 aliphatic carbocycles. The minimum atomic E-state index is -1.09. The lowest BCUT2D eigenvalue weighted by Gasteiger charge is -2.07. The highest BCUT2D eigenvalue weighted by molar-refractivity contribution is 6.03. The second-order valence-corrected chi connectivity index (χ2v) is 6.72. The van der Waals surface area contributed by atoms with Crippen LogP contribution in [0.2, 0.25) is 0 Å². The first-order valence-electron chi connectivity index (χ1n) is 9.64. The molecule has 2 amide bonds. The fourth-order valence-electron chi connectivity index (χ4n) is 2.47. The smallest absolute Gasteiger partial charge is 0.346 e. The molecule has 0 radical (unpaired) electrons. The van der Waals surface area contributed by atoms with E-state index in [1.54, 1.807) is 0 Å². The number of carboxylic acid groups (broad SMARTS) is 2. The number of hydrogen-bond acceptors (Lipinski definition) is 7. The van der Waals surface area contributed by atoms with Crippen molar-refractivity contribution in [2.45, 2.75) is 25.7 Å². The van der Waals surface area contributed by atoms with E-state index in [2.05, 4.69) is 10.6 Å². The standard InChI is InChI=1S/C22H20N2O9/c25-17(9-11-19(27)28)23-15-5-1-13(2-6-15)21(31)33-22(32)14-3-7-16(8-4-14)24-18(26)10-12-20(29)30/h1-8H,9-12H2,(H,23,25)(H,24,26)(H,27,28)(H,29,30). The fourth-order valence-corrected chi connectivity index (χ4v) is 2.47. The summed E-state index contributed by atoms with van der Waals surface area (Å²) in [5, 5.41) is 22.1. The molecule has 2 aromatic carbocycles. The summed E-state index contributed by atoms with van der Waals surface area (Å²) < 4.78 is 4.81. The predicted molar refractivity (Wildman–Crippen MR) is 114 cm³/mol. The number of benzene rings is 2. The van der Waals surface area contributed by atoms with E-state index in [1.807, 2.05) is 0 Å². The Balaban J connectivity index is 1.88. The third kappa shape index (κ3) is 8.61. The molecular weight excluding hydrogens is 436 g/mol. The summed E-state index contributed by atoms with van der Waals surface area (Å²) in [6.07, 6.45) is -1.01. The largest absolute Gasteiger partial charge is 0.481 e. The van der Waals surface area contributed by atoms with E-state index in [1.165, 1.54) is 48.5 Å². The summed E-state index contributed by atoms with van der Waals surface area (Å²) >= 11 is 0. The van der Waals surface area contributed by atoms with Gasteiger partial charge in [-0.15, -0.1) is 0 Å². The summed E-state index contributed by atoms with van der Waals surface area (Å²) in [4.78, 5) is 68.6. The van der Waals surface area contributed by atoms with Crippen LogP contribution >= 0.6 is 0 Å². The van der Waals surface area contributed by atoms with Crippen LogP contribution in [-0.2, 0) is 23.9 Å². The highest BCUT2D eigenvalue weighted by Gasteiger charge is 2.16. The molecule has 2 rings (SSSR count). The SMILES string of the molecule is O=C(O)CCC(=O)Nc1ccc(C(=O)OC(=O)c2ccc(NC(=O)CCC(=O)O)cc2)cc1. The lowest BCUT2D eigenvalue weighted by atomic mass is 10.2. The van der Waals surface area contributed by atoms with Crippen molar-refractivity contribution < 1.29 is 43.7 Å². The molecule has 0 atom stereocenters. The van der Waals surface area contributed by atoms with Gasteiger partial charge in [0.1, 0.15) is 0 Å². The van der Waals surface area contributed by atoms with Gasteiger partial charge in [0, 0.05) is 24.2 Å². The Kier molecular flexibility index (Phi) is 8.80. The zero-order valence-electron chi connectivity index (χ0n) is 17.2. The number of nitrogens with one attached hydrogen (secondary N) is 2. The summed E-state index contributed by atoms with van der Waals surface area (Å²) in [6.45, 7) is 0. The van der Waals surface area contributed by atoms with Gasteiger partial charge in [-0.25, -0.2) is 9.59 Å². The average Bonchev–Trinajstić information content (AvgIpc) is 2.77. The Bertz CT molecular complexity index is 975. The molecular formula is C22H20N2O9. The number of amides is 2. The minimum Gasteiger partial charge on any atom is -0.481 e. The van der Waals surface area contributed by atoms with Crippen LogP contribution < -0.4 is 10.6 Å². The summed E-state index contributed by atoms with van der Waals surface area (Å²) in [6, 6.07) is 10.9. The van der Waals surface area contributed by atoms with Gasteiger partial charge in [0.05, 0.1) is 24.0 Å². The highest BCUT2D eigenvalue weighted by Crippen LogP contribution is 2.14. The molecule has 33 heavy (non-hydrogen) atoms. The van der Waals surface area contributed by atoms with E-state index in [0.29, 0.717) is 11.4 Å². The van der Waals surface area contributed by atoms with Crippen LogP contribution in [0.25, 0.3) is 0 Å². The Morgan fingerprint density at radius 3 is 1.21 bits per heavy atom. The Morgan fingerprint density at radius 2 is 0.909 bits per heavy atom. The van der Waals surface area contributed by atoms with Gasteiger partial charge in [-0.1, -0.05) is 0 Å². The average molecular weight is 456 g/mol. The van der Waals surface area contributed by atoms with Gasteiger partial charge < -0.3 is 25.6 Å². The van der Waals surface area contributed by atoms with Crippen LogP contribution in [0.15, 0.2) is 48.5 Å². The first-order chi connectivity index (χ1) is 15.6. The van der Waals surface area contributed by atoms with Crippen molar-refractivity contribution in [2.75, 3.05) is 10.6 Å². The number of rotatable bonds is 10. The zero-order chi connectivity index (χ0) is 24.4. The summed E-state index contributed by atoms with van der Waals surface area (Å²) in [5.74, 6) is -5.02. The second-order valence-electron chi connectivity index (χ2n) is 6.72. The molecule has 0 heterocycles. The van der Waals surface area contributed by atoms with Crippen molar-refractivity contribution in [3.63, 3.8) is 0 Å². The summed E-state index contributed by atoms with van der Waals surface area (Å²) in [7, 11) is 0. The minimum absolute atomic E-state index is 0.0502. The summed E-state index contributed by atoms with van der Waals surface area (Å²) in [5.41, 5.74) is 0.784. The Hall–Kier alpha value is -4.54. The maximum Gasteiger partial charge on any atom is 0.346 e. The van der Waals surface area contributed by atoms with E-state index < -0.39 is 35.7 Å². The van der Waals surface area contributed by atoms with Gasteiger partial charge in [-0.3, -0.25) is 19.2 Å². The first kappa shape index (κ1) is 24.7. The molecule has 0 aliphatic rings. The lowest BCUT2D eigenvalue weighted by Crippen LogP contribution is -2.15. The quantitative estimate of drug-likeness (QED) is 0.308. The molecule has 0 saturated heterocycles. The van der Waals surface area contributed by atoms with E-state index in [9.17, 15) is 28.8 Å². The van der Waals surface area contributed by atoms with Crippen LogP contribution in [0.3, 0.4) is 0 Å². The number of ether oxygens (including phenoxy) is 1. The number of aliphatic carboxylic acids is 2. The molecule has 0 aliphatic heterocycles. The van der Waals surface area contributed by atoms with Gasteiger partial charge in [0.2, 0.25) is 11.8 Å². The molecule has 0 bridgehead atoms. The maximum atomic E-state index is 12.2. The van der Waals surface area contributed by atoms with Crippen molar-refractivity contribution >= 4 is 47.1 Å². The lowest BCUT2D eigenvalue weighted by molar-refractivity contribution is -0.138. The van der Waals surface area contributed by atoms with Crippen LogP contribution in [0, 0.1) is 0 Å². The van der Waals surface area contributed by atoms with Crippen LogP contribution in [-0.4, -0.2) is 45.9 Å². The second kappa shape index (κ2) is 11.7. The van der Waals surface area contributed by atoms with E-state index in [-0.39, 0.29) is 36.8 Å². The third-order valence-electron chi connectivity index (χ3n) is 4.13. The van der Waals surface area contributed by atoms with Gasteiger partial charge >= 0.3 is 23.9 Å². The van der Waals surface area contributed by atoms with Crippen molar-refractivity contribution in [3.8, 4) is 0 Å². The fraction of sp³-hybridized carbons (Fsp3) is 0.182. The van der Waals surface area contributed by atoms with Gasteiger partial charge in [-0.05, 0) is 48.5 Å². The van der Waals surface area contributed by atoms with Gasteiger partial charge in [-0.2, -0.15) is 0 Å². The van der Waals surface area contributed by atoms with Gasteiger partial charge in [0.25, 0.3) is 0 Å². The van der Waals surface area contributed by atoms with E-state index in [0.717, 1.165) is 0 Å². The Labute approximate surface area is 187 Å². The topological polar surface area (TPSA) is 176 Å². The number of carboxylic acids is 2. The van der Waals surface area contributed by atoms with Crippen molar-refractivity contribution in [1.82, 2.24) is 0 Å². The van der Waals surface area contributed by atoms with Crippen LogP contribution in [0.4, 0.5) is 11.4 Å². The van der Waals surface area contributed by atoms with Crippen LogP contribution in [0.1, 0.15) is 46.4 Å². The van der Waals surface area contributed by atoms with Crippen LogP contribution in [0.5, 0.6) is 0 Å². The molecule has 0 aromatic heterocycles. The molecule has 11 nitrogen and oxygen atoms in total. The molecule has 11 heteroatoms. The molecule has 0 fully saturated rings. The molecule has 4 N–H and O–H groups in total. The normalized spacial score (nSPS) is 10.1. The van der Waals surface area contributed by atoms with Gasteiger partial charge in [0.15, 0.2) is 0 Å². The molecule has 0 saturated carbocycles. The maximum absolute atomic E-state index is 12.2. The van der Waals surface area contributed by atoms with Crippen molar-refractivity contribution in [1.29, 1.82) is 0 Å². The molecule has 172 valence electrons. The highest BCUT2D eigenvalue weighted by atomic mass is 16.6. The van der Waals surface area contributed by atoms with Crippen molar-refractivity contribution in [2.24, 2.45) is 0 Å². The zero-order valence-corrected chi connectivity index (χ0v) is 17.2. The number of carbonyl (C=O) groups excluding carboxylic acids is 4. The molecule has 0 unspecified atom stereocenters. The first-order valence-corrected chi connectivity index (χ1v) is 9.64. The number of anilines is 2.